The van der Waals surface area contributed by atoms with Gasteiger partial charge in [0, 0.05) is 5.92 Å². The lowest BCUT2D eigenvalue weighted by atomic mass is 9.68. The van der Waals surface area contributed by atoms with Crippen molar-refractivity contribution in [1.82, 2.24) is 0 Å². The second-order valence-corrected chi connectivity index (χ2v) is 7.67. The highest BCUT2D eigenvalue weighted by Gasteiger charge is 2.55. The van der Waals surface area contributed by atoms with Crippen LogP contribution < -0.4 is 0 Å². The number of hydrogen-bond donors (Lipinski definition) is 1. The summed E-state index contributed by atoms with van der Waals surface area (Å²) >= 11 is 0. The van der Waals surface area contributed by atoms with Crippen LogP contribution in [0, 0.1) is 35.5 Å². The highest BCUT2D eigenvalue weighted by atomic mass is 16.3. The summed E-state index contributed by atoms with van der Waals surface area (Å²) in [5.74, 6) is 5.07. The van der Waals surface area contributed by atoms with Crippen molar-refractivity contribution < 1.29 is 5.11 Å². The summed E-state index contributed by atoms with van der Waals surface area (Å²) in [5, 5.41) is 9.79. The van der Waals surface area contributed by atoms with E-state index >= 15 is 0 Å². The molecule has 5 atom stereocenters. The Morgan fingerprint density at radius 3 is 2.68 bits per heavy atom. The SMILES string of the molecule is CC(C)C1=C2C3CC4C(C)CCC4C2CC3=C1CO. The Bertz CT molecular complexity index is 482. The average Bonchev–Trinajstić information content (AvgIpc) is 2.99. The van der Waals surface area contributed by atoms with Gasteiger partial charge in [-0.2, -0.15) is 0 Å². The Morgan fingerprint density at radius 1 is 1.21 bits per heavy atom. The van der Waals surface area contributed by atoms with Gasteiger partial charge < -0.3 is 5.11 Å². The molecule has 5 unspecified atom stereocenters. The molecule has 0 aromatic heterocycles. The van der Waals surface area contributed by atoms with Crippen LogP contribution in [0.4, 0.5) is 0 Å². The normalized spacial score (nSPS) is 43.7. The Hall–Kier alpha value is -0.560. The van der Waals surface area contributed by atoms with E-state index in [-0.39, 0.29) is 6.61 Å². The number of allylic oxidation sites excluding steroid dienone is 2. The molecule has 0 aliphatic heterocycles. The van der Waals surface area contributed by atoms with Crippen molar-refractivity contribution in [2.75, 3.05) is 6.61 Å². The van der Waals surface area contributed by atoms with Crippen LogP contribution in [0.1, 0.15) is 46.5 Å². The maximum atomic E-state index is 9.79. The van der Waals surface area contributed by atoms with Gasteiger partial charge in [-0.15, -0.1) is 0 Å². The molecular weight excluding hydrogens is 232 g/mol. The monoisotopic (exact) mass is 258 g/mol. The quantitative estimate of drug-likeness (QED) is 0.795. The van der Waals surface area contributed by atoms with E-state index < -0.39 is 0 Å². The highest BCUT2D eigenvalue weighted by molar-refractivity contribution is 5.57. The van der Waals surface area contributed by atoms with Gasteiger partial charge in [0.25, 0.3) is 0 Å². The molecule has 1 nitrogen and oxygen atoms in total. The van der Waals surface area contributed by atoms with Crippen LogP contribution in [0.5, 0.6) is 0 Å². The minimum Gasteiger partial charge on any atom is -0.392 e. The lowest BCUT2D eigenvalue weighted by Gasteiger charge is -2.37. The summed E-state index contributed by atoms with van der Waals surface area (Å²) in [6.45, 7) is 7.37. The molecule has 0 amide bonds. The second kappa shape index (κ2) is 3.97. The predicted molar refractivity (Wildman–Crippen MR) is 77.6 cm³/mol. The van der Waals surface area contributed by atoms with Crippen molar-refractivity contribution in [1.29, 1.82) is 0 Å². The van der Waals surface area contributed by atoms with Gasteiger partial charge in [0.1, 0.15) is 0 Å². The molecule has 4 bridgehead atoms. The lowest BCUT2D eigenvalue weighted by Crippen LogP contribution is -2.29. The van der Waals surface area contributed by atoms with E-state index in [1.54, 1.807) is 16.7 Å². The fourth-order valence-corrected chi connectivity index (χ4v) is 6.01. The van der Waals surface area contributed by atoms with Gasteiger partial charge in [-0.1, -0.05) is 38.3 Å². The van der Waals surface area contributed by atoms with Crippen LogP contribution in [0.3, 0.4) is 0 Å². The largest absolute Gasteiger partial charge is 0.392 e. The molecule has 3 saturated carbocycles. The summed E-state index contributed by atoms with van der Waals surface area (Å²) in [5.41, 5.74) is 6.34. The molecule has 0 radical (unpaired) electrons. The fourth-order valence-electron chi connectivity index (χ4n) is 6.01. The smallest absolute Gasteiger partial charge is 0.0684 e. The molecule has 0 spiro atoms. The third-order valence-corrected chi connectivity index (χ3v) is 6.66. The van der Waals surface area contributed by atoms with E-state index in [1.165, 1.54) is 31.3 Å². The first kappa shape index (κ1) is 12.2. The van der Waals surface area contributed by atoms with Gasteiger partial charge in [-0.25, -0.2) is 0 Å². The third-order valence-electron chi connectivity index (χ3n) is 6.66. The van der Waals surface area contributed by atoms with E-state index in [1.807, 2.05) is 0 Å². The molecule has 19 heavy (non-hydrogen) atoms. The van der Waals surface area contributed by atoms with Gasteiger partial charge in [-0.3, -0.25) is 0 Å². The summed E-state index contributed by atoms with van der Waals surface area (Å²) < 4.78 is 0. The second-order valence-electron chi connectivity index (χ2n) is 7.67. The van der Waals surface area contributed by atoms with Gasteiger partial charge >= 0.3 is 0 Å². The molecule has 1 N–H and O–H groups in total. The van der Waals surface area contributed by atoms with Gasteiger partial charge in [0.05, 0.1) is 6.61 Å². The van der Waals surface area contributed by atoms with Crippen molar-refractivity contribution in [2.24, 2.45) is 35.5 Å². The number of rotatable bonds is 2. The van der Waals surface area contributed by atoms with Gasteiger partial charge in [0.2, 0.25) is 0 Å². The van der Waals surface area contributed by atoms with E-state index in [0.717, 1.165) is 29.6 Å². The van der Waals surface area contributed by atoms with E-state index in [2.05, 4.69) is 20.8 Å². The minimum atomic E-state index is 0.278. The number of hydrogen-bond acceptors (Lipinski definition) is 1. The van der Waals surface area contributed by atoms with Crippen LogP contribution in [-0.2, 0) is 0 Å². The Balaban J connectivity index is 1.80. The molecule has 0 saturated heterocycles. The van der Waals surface area contributed by atoms with Crippen molar-refractivity contribution in [3.05, 3.63) is 22.3 Å². The first-order valence-electron chi connectivity index (χ1n) is 8.20. The van der Waals surface area contributed by atoms with E-state index in [4.69, 9.17) is 0 Å². The maximum Gasteiger partial charge on any atom is 0.0684 e. The van der Waals surface area contributed by atoms with Crippen molar-refractivity contribution in [3.8, 4) is 0 Å². The molecule has 104 valence electrons. The third kappa shape index (κ3) is 1.40. The van der Waals surface area contributed by atoms with Gasteiger partial charge in [0.15, 0.2) is 0 Å². The zero-order chi connectivity index (χ0) is 13.3. The molecule has 4 rings (SSSR count). The van der Waals surface area contributed by atoms with Crippen molar-refractivity contribution in [3.63, 3.8) is 0 Å². The van der Waals surface area contributed by atoms with Crippen LogP contribution in [-0.4, -0.2) is 11.7 Å². The standard InChI is InChI=1S/C18H26O/c1-9(2)17-16(8-19)13-7-14-11-5-4-10(3)12(11)6-15(13)18(14)17/h9-12,14-15,19H,4-8H2,1-3H3. The molecule has 1 heteroatoms. The highest BCUT2D eigenvalue weighted by Crippen LogP contribution is 2.65. The molecule has 4 aliphatic carbocycles. The Morgan fingerprint density at radius 2 is 2.00 bits per heavy atom. The fraction of sp³-hybridized carbons (Fsp3) is 0.778. The van der Waals surface area contributed by atoms with E-state index in [0.29, 0.717) is 5.92 Å². The van der Waals surface area contributed by atoms with Gasteiger partial charge in [-0.05, 0) is 60.0 Å². The molecule has 0 aromatic rings. The van der Waals surface area contributed by atoms with Crippen LogP contribution in [0.2, 0.25) is 0 Å². The first-order valence-corrected chi connectivity index (χ1v) is 8.20. The average molecular weight is 258 g/mol. The van der Waals surface area contributed by atoms with Crippen LogP contribution >= 0.6 is 0 Å². The zero-order valence-corrected chi connectivity index (χ0v) is 12.4. The summed E-state index contributed by atoms with van der Waals surface area (Å²) in [4.78, 5) is 0. The number of aliphatic hydroxyl groups is 1. The van der Waals surface area contributed by atoms with Crippen LogP contribution in [0.25, 0.3) is 0 Å². The van der Waals surface area contributed by atoms with Crippen molar-refractivity contribution >= 4 is 0 Å². The number of aliphatic hydroxyl groups excluding tert-OH is 1. The maximum absolute atomic E-state index is 9.79. The Kier molecular flexibility index (Phi) is 2.55. The van der Waals surface area contributed by atoms with Crippen molar-refractivity contribution in [2.45, 2.75) is 46.5 Å². The zero-order valence-electron chi connectivity index (χ0n) is 12.4. The van der Waals surface area contributed by atoms with Crippen LogP contribution in [0.15, 0.2) is 22.3 Å². The molecule has 0 heterocycles. The summed E-state index contributed by atoms with van der Waals surface area (Å²) in [6, 6.07) is 0. The van der Waals surface area contributed by atoms with E-state index in [9.17, 15) is 5.11 Å². The molecular formula is C18H26O. The number of fused-ring (bicyclic) bond motifs is 2. The topological polar surface area (TPSA) is 20.2 Å². The molecule has 3 fully saturated rings. The minimum absolute atomic E-state index is 0.278. The Labute approximate surface area is 116 Å². The molecule has 0 aromatic carbocycles. The first-order chi connectivity index (χ1) is 9.13. The summed E-state index contributed by atoms with van der Waals surface area (Å²) in [6.07, 6.45) is 5.60. The predicted octanol–water partition coefficient (Wildman–Crippen LogP) is 3.94. The lowest BCUT2D eigenvalue weighted by molar-refractivity contribution is 0.211. The summed E-state index contributed by atoms with van der Waals surface area (Å²) in [7, 11) is 0. The molecule has 4 aliphatic rings.